The van der Waals surface area contributed by atoms with Gasteiger partial charge < -0.3 is 0 Å². The van der Waals surface area contributed by atoms with Crippen molar-refractivity contribution in [2.75, 3.05) is 0 Å². The van der Waals surface area contributed by atoms with Gasteiger partial charge in [0.15, 0.2) is 0 Å². The number of hydrogen-bond donors (Lipinski definition) is 0. The van der Waals surface area contributed by atoms with Gasteiger partial charge >= 0.3 is 0 Å². The van der Waals surface area contributed by atoms with Gasteiger partial charge in [-0.15, -0.1) is 34.0 Å². The van der Waals surface area contributed by atoms with Gasteiger partial charge in [0.05, 0.1) is 0 Å². The maximum Gasteiger partial charge on any atom is 0.0369 e. The first-order valence-corrected chi connectivity index (χ1v) is 12.0. The Morgan fingerprint density at radius 2 is 0.897 bits per heavy atom. The Morgan fingerprint density at radius 1 is 0.448 bits per heavy atom. The number of rotatable bonds is 4. The highest BCUT2D eigenvalue weighted by molar-refractivity contribution is 7.12. The van der Waals surface area contributed by atoms with Crippen LogP contribution < -0.4 is 9.06 Å². The van der Waals surface area contributed by atoms with E-state index in [4.69, 9.17) is 0 Å². The summed E-state index contributed by atoms with van der Waals surface area (Å²) in [5.41, 5.74) is 5.16. The van der Waals surface area contributed by atoms with Gasteiger partial charge in [-0.25, -0.2) is 0 Å². The van der Waals surface area contributed by atoms with Gasteiger partial charge in [0.2, 0.25) is 0 Å². The molecular formula is C26H18S3. The average molecular weight is 427 g/mol. The Morgan fingerprint density at radius 3 is 1.28 bits per heavy atom. The summed E-state index contributed by atoms with van der Waals surface area (Å²) in [4.78, 5) is 2.61. The van der Waals surface area contributed by atoms with Crippen molar-refractivity contribution in [2.45, 2.75) is 0 Å². The van der Waals surface area contributed by atoms with E-state index in [9.17, 15) is 0 Å². The van der Waals surface area contributed by atoms with Crippen LogP contribution in [0.4, 0.5) is 0 Å². The first-order chi connectivity index (χ1) is 14.4. The van der Waals surface area contributed by atoms with E-state index in [0.717, 1.165) is 0 Å². The monoisotopic (exact) mass is 426 g/mol. The Bertz CT molecular complexity index is 1200. The molecule has 0 spiro atoms. The summed E-state index contributed by atoms with van der Waals surface area (Å²) in [5.74, 6) is 0. The summed E-state index contributed by atoms with van der Waals surface area (Å²) in [5, 5.41) is 4.31. The van der Waals surface area contributed by atoms with Crippen LogP contribution in [-0.4, -0.2) is 0 Å². The van der Waals surface area contributed by atoms with Crippen molar-refractivity contribution in [3.05, 3.63) is 138 Å². The predicted molar refractivity (Wildman–Crippen MR) is 128 cm³/mol. The van der Waals surface area contributed by atoms with Crippen molar-refractivity contribution in [1.82, 2.24) is 0 Å². The van der Waals surface area contributed by atoms with Gasteiger partial charge in [-0.05, 0) is 46.2 Å². The highest BCUT2D eigenvalue weighted by Gasteiger charge is 2.11. The Hall–Kier alpha value is -2.72. The van der Waals surface area contributed by atoms with Crippen molar-refractivity contribution in [2.24, 2.45) is 0 Å². The maximum absolute atomic E-state index is 2.28. The Balaban J connectivity index is 1.82. The van der Waals surface area contributed by atoms with Gasteiger partial charge in [0.1, 0.15) is 0 Å². The number of thiophene rings is 3. The minimum Gasteiger partial charge on any atom is -0.144 e. The van der Waals surface area contributed by atoms with Crippen LogP contribution in [0.15, 0.2) is 108 Å². The lowest BCUT2D eigenvalue weighted by Gasteiger charge is -2.05. The van der Waals surface area contributed by atoms with E-state index in [-0.39, 0.29) is 0 Å². The molecule has 0 amide bonds. The van der Waals surface area contributed by atoms with Gasteiger partial charge in [-0.1, -0.05) is 72.8 Å². The minimum absolute atomic E-state index is 1.26. The van der Waals surface area contributed by atoms with E-state index in [0.29, 0.717) is 0 Å². The molecule has 0 saturated carbocycles. The molecule has 0 aliphatic rings. The van der Waals surface area contributed by atoms with Crippen molar-refractivity contribution >= 4 is 45.2 Å². The molecule has 0 radical (unpaired) electrons. The molecule has 29 heavy (non-hydrogen) atoms. The van der Waals surface area contributed by atoms with E-state index in [1.807, 2.05) is 11.3 Å². The lowest BCUT2D eigenvalue weighted by molar-refractivity contribution is 1.58. The van der Waals surface area contributed by atoms with Crippen LogP contribution in [0.2, 0.25) is 0 Å². The summed E-state index contributed by atoms with van der Waals surface area (Å²) < 4.78 is 2.61. The van der Waals surface area contributed by atoms with Crippen molar-refractivity contribution in [3.63, 3.8) is 0 Å². The molecule has 5 aromatic rings. The minimum atomic E-state index is 1.26. The zero-order chi connectivity index (χ0) is 19.5. The molecule has 0 aliphatic carbocycles. The highest BCUT2D eigenvalue weighted by atomic mass is 32.1. The standard InChI is InChI=1S/C26H18S3/c1-3-9-19(10-4-1)25(21-13-7-17-27-21)23-15-16-24(29-23)26(22-14-8-18-28-22)20-11-5-2-6-12-20/h1-18H/b25-23-,26-24-. The molecule has 2 aromatic carbocycles. The fourth-order valence-electron chi connectivity index (χ4n) is 3.47. The fraction of sp³-hybridized carbons (Fsp3) is 0. The van der Waals surface area contributed by atoms with Crippen LogP contribution in [0, 0.1) is 0 Å². The molecule has 0 fully saturated rings. The van der Waals surface area contributed by atoms with Crippen molar-refractivity contribution in [3.8, 4) is 0 Å². The zero-order valence-corrected chi connectivity index (χ0v) is 18.1. The van der Waals surface area contributed by atoms with E-state index in [2.05, 4.69) is 108 Å². The lowest BCUT2D eigenvalue weighted by atomic mass is 10.0. The van der Waals surface area contributed by atoms with Gasteiger partial charge in [-0.3, -0.25) is 0 Å². The van der Waals surface area contributed by atoms with E-state index in [1.54, 1.807) is 22.7 Å². The van der Waals surface area contributed by atoms with Crippen LogP contribution in [-0.2, 0) is 0 Å². The second kappa shape index (κ2) is 8.34. The third kappa shape index (κ3) is 3.77. The third-order valence-corrected chi connectivity index (χ3v) is 7.65. The molecule has 5 rings (SSSR count). The first kappa shape index (κ1) is 18.3. The van der Waals surface area contributed by atoms with Crippen molar-refractivity contribution < 1.29 is 0 Å². The first-order valence-electron chi connectivity index (χ1n) is 9.43. The smallest absolute Gasteiger partial charge is 0.0369 e. The van der Waals surface area contributed by atoms with Crippen LogP contribution in [0.25, 0.3) is 11.1 Å². The summed E-state index contributed by atoms with van der Waals surface area (Å²) in [6.45, 7) is 0. The van der Waals surface area contributed by atoms with Crippen LogP contribution in [0.1, 0.15) is 20.9 Å². The molecule has 0 aliphatic heterocycles. The van der Waals surface area contributed by atoms with Gasteiger partial charge in [0, 0.05) is 30.0 Å². The van der Waals surface area contributed by atoms with Crippen LogP contribution in [0.3, 0.4) is 0 Å². The molecule has 0 atom stereocenters. The molecule has 0 saturated heterocycles. The molecule has 0 bridgehead atoms. The lowest BCUT2D eigenvalue weighted by Crippen LogP contribution is -2.05. The van der Waals surface area contributed by atoms with Crippen LogP contribution in [0.5, 0.6) is 0 Å². The molecule has 0 unspecified atom stereocenters. The van der Waals surface area contributed by atoms with Crippen molar-refractivity contribution in [1.29, 1.82) is 0 Å². The normalized spacial score (nSPS) is 13.2. The summed E-state index contributed by atoms with van der Waals surface area (Å²) in [7, 11) is 0. The van der Waals surface area contributed by atoms with Gasteiger partial charge in [0.25, 0.3) is 0 Å². The largest absolute Gasteiger partial charge is 0.144 e. The number of hydrogen-bond acceptors (Lipinski definition) is 3. The quantitative estimate of drug-likeness (QED) is 0.313. The molecule has 0 nitrogen and oxygen atoms in total. The highest BCUT2D eigenvalue weighted by Crippen LogP contribution is 2.27. The molecule has 3 heterocycles. The van der Waals surface area contributed by atoms with Crippen LogP contribution >= 0.6 is 34.0 Å². The zero-order valence-electron chi connectivity index (χ0n) is 15.6. The second-order valence-corrected chi connectivity index (χ2v) is 9.58. The van der Waals surface area contributed by atoms with Gasteiger partial charge in [-0.2, -0.15) is 0 Å². The average Bonchev–Trinajstić information content (AvgIpc) is 3.54. The molecule has 0 N–H and O–H groups in total. The SMILES string of the molecule is c1ccc(/C(c2cccs2)=c2\cc/c(=C(\c3ccccc3)c3cccs3)s2)cc1. The predicted octanol–water partition coefficient (Wildman–Crippen LogP) is 6.37. The molecule has 3 aromatic heterocycles. The summed E-state index contributed by atoms with van der Waals surface area (Å²) in [6, 6.07) is 34.7. The summed E-state index contributed by atoms with van der Waals surface area (Å²) in [6.07, 6.45) is 0. The summed E-state index contributed by atoms with van der Waals surface area (Å²) >= 11 is 5.47. The Kier molecular flexibility index (Phi) is 5.27. The van der Waals surface area contributed by atoms with E-state index < -0.39 is 0 Å². The van der Waals surface area contributed by atoms with E-state index in [1.165, 1.54) is 41.1 Å². The molecule has 3 heteroatoms. The number of benzene rings is 2. The maximum atomic E-state index is 2.28. The topological polar surface area (TPSA) is 0 Å². The second-order valence-electron chi connectivity index (χ2n) is 6.60. The fourth-order valence-corrected chi connectivity index (χ4v) is 6.38. The molecular weight excluding hydrogens is 408 g/mol. The molecule has 140 valence electrons. The Labute approximate surface area is 182 Å². The third-order valence-electron chi connectivity index (χ3n) is 4.76. The van der Waals surface area contributed by atoms with E-state index >= 15 is 0 Å².